The zero-order valence-electron chi connectivity index (χ0n) is 11.8. The molecule has 0 aliphatic carbocycles. The first-order valence-corrected chi connectivity index (χ1v) is 6.57. The van der Waals surface area contributed by atoms with Crippen molar-refractivity contribution in [3.63, 3.8) is 0 Å². The van der Waals surface area contributed by atoms with Crippen LogP contribution in [0.15, 0.2) is 6.07 Å². The zero-order valence-corrected chi connectivity index (χ0v) is 11.8. The molecule has 0 bridgehead atoms. The van der Waals surface area contributed by atoms with Gasteiger partial charge in [0.15, 0.2) is 0 Å². The molecule has 1 unspecified atom stereocenters. The maximum absolute atomic E-state index is 11.8. The van der Waals surface area contributed by atoms with Gasteiger partial charge in [0, 0.05) is 6.42 Å². The molecule has 0 amide bonds. The van der Waals surface area contributed by atoms with Gasteiger partial charge in [0.05, 0.1) is 0 Å². The molecule has 3 nitrogen and oxygen atoms in total. The van der Waals surface area contributed by atoms with Crippen LogP contribution in [0, 0.1) is 13.8 Å². The summed E-state index contributed by atoms with van der Waals surface area (Å²) in [7, 11) is 0. The lowest BCUT2D eigenvalue weighted by Gasteiger charge is -2.26. The Morgan fingerprint density at radius 3 is 2.50 bits per heavy atom. The van der Waals surface area contributed by atoms with Crippen LogP contribution < -0.4 is 0 Å². The van der Waals surface area contributed by atoms with E-state index in [-0.39, 0.29) is 11.9 Å². The predicted molar refractivity (Wildman–Crippen MR) is 72.1 cm³/mol. The van der Waals surface area contributed by atoms with Gasteiger partial charge in [-0.1, -0.05) is 26.8 Å². The minimum Gasteiger partial charge on any atom is -0.507 e. The minimum atomic E-state index is -0.391. The highest BCUT2D eigenvalue weighted by Gasteiger charge is 2.30. The first kappa shape index (κ1) is 14.6. The monoisotopic (exact) mass is 250 g/mol. The van der Waals surface area contributed by atoms with Crippen LogP contribution in [0.25, 0.3) is 0 Å². The third-order valence-corrected chi connectivity index (χ3v) is 3.19. The van der Waals surface area contributed by atoms with Crippen molar-refractivity contribution in [3.05, 3.63) is 28.3 Å². The molecule has 3 heteroatoms. The van der Waals surface area contributed by atoms with Gasteiger partial charge in [0.25, 0.3) is 0 Å². The fraction of sp³-hybridized carbons (Fsp3) is 0.533. The Kier molecular flexibility index (Phi) is 4.76. The van der Waals surface area contributed by atoms with E-state index in [4.69, 9.17) is 4.74 Å². The molecule has 18 heavy (non-hydrogen) atoms. The van der Waals surface area contributed by atoms with Crippen molar-refractivity contribution in [1.29, 1.82) is 0 Å². The molecule has 1 aliphatic rings. The molecule has 0 fully saturated rings. The van der Waals surface area contributed by atoms with E-state index in [2.05, 4.69) is 0 Å². The number of carbonyl (C=O) groups is 1. The summed E-state index contributed by atoms with van der Waals surface area (Å²) >= 11 is 0. The molecule has 0 saturated carbocycles. The normalized spacial score (nSPS) is 17.4. The number of benzene rings is 1. The van der Waals surface area contributed by atoms with Gasteiger partial charge in [0.2, 0.25) is 0 Å². The average molecular weight is 250 g/mol. The lowest BCUT2D eigenvalue weighted by Crippen LogP contribution is -2.28. The maximum atomic E-state index is 11.8. The number of esters is 1. The van der Waals surface area contributed by atoms with E-state index in [0.717, 1.165) is 23.1 Å². The third kappa shape index (κ3) is 2.50. The number of aryl methyl sites for hydroxylation is 2. The summed E-state index contributed by atoms with van der Waals surface area (Å²) in [6.07, 6.45) is 1.46. The Hall–Kier alpha value is -1.51. The molecule has 0 spiro atoms. The fourth-order valence-corrected chi connectivity index (χ4v) is 2.21. The fourth-order valence-electron chi connectivity index (χ4n) is 2.21. The van der Waals surface area contributed by atoms with Crippen molar-refractivity contribution in [2.45, 2.75) is 53.6 Å². The highest BCUT2D eigenvalue weighted by molar-refractivity contribution is 5.96. The van der Waals surface area contributed by atoms with Crippen LogP contribution in [0.2, 0.25) is 0 Å². The van der Waals surface area contributed by atoms with E-state index >= 15 is 0 Å². The number of rotatable bonds is 1. The highest BCUT2D eigenvalue weighted by atomic mass is 16.5. The van der Waals surface area contributed by atoms with Gasteiger partial charge in [-0.25, -0.2) is 4.79 Å². The molecule has 1 N–H and O–H groups in total. The molecular formula is C15H22O3. The van der Waals surface area contributed by atoms with Crippen LogP contribution in [0.4, 0.5) is 0 Å². The van der Waals surface area contributed by atoms with Crippen molar-refractivity contribution in [2.24, 2.45) is 0 Å². The molecule has 1 aliphatic heterocycles. The molecule has 1 heterocycles. The lowest BCUT2D eigenvalue weighted by atomic mass is 9.91. The number of cyclic esters (lactones) is 1. The second kappa shape index (κ2) is 5.89. The van der Waals surface area contributed by atoms with Crippen LogP contribution in [0.1, 0.15) is 54.2 Å². The first-order valence-electron chi connectivity index (χ1n) is 6.57. The van der Waals surface area contributed by atoms with Gasteiger partial charge < -0.3 is 9.84 Å². The molecule has 1 aromatic rings. The summed E-state index contributed by atoms with van der Waals surface area (Å²) in [4.78, 5) is 11.8. The number of aromatic hydroxyl groups is 1. The minimum absolute atomic E-state index is 0.0548. The molecule has 0 saturated heterocycles. The summed E-state index contributed by atoms with van der Waals surface area (Å²) in [5, 5.41) is 9.90. The molecule has 0 aromatic heterocycles. The second-order valence-corrected chi connectivity index (χ2v) is 4.35. The van der Waals surface area contributed by atoms with E-state index in [9.17, 15) is 9.90 Å². The Bertz CT molecular complexity index is 450. The van der Waals surface area contributed by atoms with E-state index in [1.165, 1.54) is 0 Å². The Morgan fingerprint density at radius 2 is 1.94 bits per heavy atom. The average Bonchev–Trinajstić information content (AvgIpc) is 2.37. The number of hydrogen-bond acceptors (Lipinski definition) is 3. The summed E-state index contributed by atoms with van der Waals surface area (Å²) in [6.45, 7) is 9.75. The van der Waals surface area contributed by atoms with Crippen molar-refractivity contribution in [2.75, 3.05) is 0 Å². The number of phenols is 1. The summed E-state index contributed by atoms with van der Waals surface area (Å²) < 4.78 is 5.25. The number of fused-ring (bicyclic) bond motifs is 1. The maximum Gasteiger partial charge on any atom is 0.342 e. The van der Waals surface area contributed by atoms with Gasteiger partial charge in [0.1, 0.15) is 17.4 Å². The van der Waals surface area contributed by atoms with Crippen molar-refractivity contribution < 1.29 is 14.6 Å². The van der Waals surface area contributed by atoms with E-state index < -0.39 is 5.97 Å². The van der Waals surface area contributed by atoms with Gasteiger partial charge in [-0.2, -0.15) is 0 Å². The second-order valence-electron chi connectivity index (χ2n) is 4.35. The van der Waals surface area contributed by atoms with Gasteiger partial charge in [-0.3, -0.25) is 0 Å². The van der Waals surface area contributed by atoms with Crippen LogP contribution in [-0.2, 0) is 11.2 Å². The summed E-state index contributed by atoms with van der Waals surface area (Å²) in [6, 6.07) is 1.92. The topological polar surface area (TPSA) is 46.5 Å². The zero-order chi connectivity index (χ0) is 13.9. The standard InChI is InChI=1S/C13H16O3.C2H6/c1-4-9-6-10-7(2)5-8(3)12(14)11(10)13(15)16-9;1-2/h5,9,14H,4,6H2,1-3H3;1-2H3. The molecular weight excluding hydrogens is 228 g/mol. The SMILES string of the molecule is CC.CCC1Cc2c(C)cc(C)c(O)c2C(=O)O1. The highest BCUT2D eigenvalue weighted by Crippen LogP contribution is 2.34. The van der Waals surface area contributed by atoms with Crippen molar-refractivity contribution in [1.82, 2.24) is 0 Å². The van der Waals surface area contributed by atoms with Crippen molar-refractivity contribution >= 4 is 5.97 Å². The summed E-state index contributed by atoms with van der Waals surface area (Å²) in [5.74, 6) is -0.322. The largest absolute Gasteiger partial charge is 0.507 e. The Labute approximate surface area is 109 Å². The molecule has 0 radical (unpaired) electrons. The predicted octanol–water partition coefficient (Wildman–Crippen LogP) is 3.53. The molecule has 1 atom stereocenters. The van der Waals surface area contributed by atoms with Crippen LogP contribution in [0.5, 0.6) is 5.75 Å². The first-order chi connectivity index (χ1) is 8.54. The summed E-state index contributed by atoms with van der Waals surface area (Å²) in [5.41, 5.74) is 3.08. The smallest absolute Gasteiger partial charge is 0.342 e. The van der Waals surface area contributed by atoms with Gasteiger partial charge in [-0.05, 0) is 37.0 Å². The van der Waals surface area contributed by atoms with E-state index in [1.807, 2.05) is 33.8 Å². The number of carbonyl (C=O) groups excluding carboxylic acids is 1. The van der Waals surface area contributed by atoms with Crippen molar-refractivity contribution in [3.8, 4) is 5.75 Å². The number of phenolic OH excluding ortho intramolecular Hbond substituents is 1. The number of hydrogen-bond donors (Lipinski definition) is 1. The lowest BCUT2D eigenvalue weighted by molar-refractivity contribution is 0.0244. The van der Waals surface area contributed by atoms with E-state index in [0.29, 0.717) is 12.0 Å². The molecule has 2 rings (SSSR count). The Morgan fingerprint density at radius 1 is 1.33 bits per heavy atom. The van der Waals surface area contributed by atoms with Gasteiger partial charge in [-0.15, -0.1) is 0 Å². The number of ether oxygens (including phenoxy) is 1. The Balaban J connectivity index is 0.000000771. The van der Waals surface area contributed by atoms with Crippen LogP contribution >= 0.6 is 0 Å². The molecule has 100 valence electrons. The van der Waals surface area contributed by atoms with Gasteiger partial charge >= 0.3 is 5.97 Å². The molecule has 1 aromatic carbocycles. The van der Waals surface area contributed by atoms with Crippen LogP contribution in [-0.4, -0.2) is 17.2 Å². The third-order valence-electron chi connectivity index (χ3n) is 3.19. The quantitative estimate of drug-likeness (QED) is 0.776. The van der Waals surface area contributed by atoms with Crippen LogP contribution in [0.3, 0.4) is 0 Å². The van der Waals surface area contributed by atoms with E-state index in [1.54, 1.807) is 6.92 Å².